The molecule has 1 aromatic carbocycles. The highest BCUT2D eigenvalue weighted by atomic mass is 19.1. The molecule has 1 heterocycles. The number of benzene rings is 1. The van der Waals surface area contributed by atoms with E-state index in [1.54, 1.807) is 22.9 Å². The zero-order chi connectivity index (χ0) is 14.7. The Balaban J connectivity index is 2.35. The topological polar surface area (TPSA) is 81.0 Å². The monoisotopic (exact) mass is 273 g/mol. The fourth-order valence-corrected chi connectivity index (χ4v) is 1.89. The molecule has 2 rings (SSSR count). The molecular formula is C14H12FN3O2. The number of hydrogen-bond donors (Lipinski definition) is 1. The molecule has 0 unspecified atom stereocenters. The fraction of sp³-hybridized carbons (Fsp3) is 0.143. The number of nitrogen functional groups attached to an aromatic ring is 1. The summed E-state index contributed by atoms with van der Waals surface area (Å²) < 4.78 is 19.5. The van der Waals surface area contributed by atoms with Gasteiger partial charge in [-0.05, 0) is 23.8 Å². The van der Waals surface area contributed by atoms with Crippen molar-refractivity contribution < 1.29 is 13.9 Å². The van der Waals surface area contributed by atoms with Crippen LogP contribution in [0, 0.1) is 17.1 Å². The number of halogens is 1. The average molecular weight is 273 g/mol. The molecule has 2 aromatic rings. The van der Waals surface area contributed by atoms with Crippen molar-refractivity contribution in [3.8, 4) is 6.07 Å². The van der Waals surface area contributed by atoms with E-state index in [9.17, 15) is 9.18 Å². The zero-order valence-electron chi connectivity index (χ0n) is 10.8. The molecule has 0 aliphatic carbocycles. The molecule has 102 valence electrons. The Morgan fingerprint density at radius 3 is 2.90 bits per heavy atom. The van der Waals surface area contributed by atoms with Gasteiger partial charge < -0.3 is 15.0 Å². The third-order valence-corrected chi connectivity index (χ3v) is 2.82. The van der Waals surface area contributed by atoms with Gasteiger partial charge in [0.25, 0.3) is 0 Å². The van der Waals surface area contributed by atoms with Crippen LogP contribution < -0.4 is 5.73 Å². The molecule has 5 nitrogen and oxygen atoms in total. The maximum absolute atomic E-state index is 13.3. The van der Waals surface area contributed by atoms with Crippen molar-refractivity contribution in [2.45, 2.75) is 6.54 Å². The van der Waals surface area contributed by atoms with Crippen LogP contribution in [0.5, 0.6) is 0 Å². The number of esters is 1. The highest BCUT2D eigenvalue weighted by Crippen LogP contribution is 2.16. The molecule has 1 aromatic heterocycles. The van der Waals surface area contributed by atoms with Crippen LogP contribution in [0.15, 0.2) is 30.5 Å². The van der Waals surface area contributed by atoms with Gasteiger partial charge in [0.15, 0.2) is 0 Å². The molecule has 6 heteroatoms. The van der Waals surface area contributed by atoms with E-state index in [2.05, 4.69) is 4.74 Å². The van der Waals surface area contributed by atoms with Gasteiger partial charge in [-0.2, -0.15) is 5.26 Å². The third kappa shape index (κ3) is 2.62. The van der Waals surface area contributed by atoms with E-state index < -0.39 is 11.8 Å². The van der Waals surface area contributed by atoms with E-state index >= 15 is 0 Å². The van der Waals surface area contributed by atoms with Gasteiger partial charge in [0.1, 0.15) is 17.6 Å². The summed E-state index contributed by atoms with van der Waals surface area (Å²) in [5.74, 6) is -1.08. The fourth-order valence-electron chi connectivity index (χ4n) is 1.89. The normalized spacial score (nSPS) is 10.1. The maximum Gasteiger partial charge on any atom is 0.354 e. The highest BCUT2D eigenvalue weighted by Gasteiger charge is 2.14. The number of methoxy groups -OCH3 is 1. The van der Waals surface area contributed by atoms with Gasteiger partial charge in [0.2, 0.25) is 0 Å². The van der Waals surface area contributed by atoms with E-state index in [4.69, 9.17) is 11.0 Å². The molecule has 0 bridgehead atoms. The molecule has 0 spiro atoms. The van der Waals surface area contributed by atoms with Gasteiger partial charge in [0.05, 0.1) is 18.4 Å². The number of nitrogens with two attached hydrogens (primary N) is 1. The number of rotatable bonds is 3. The van der Waals surface area contributed by atoms with Gasteiger partial charge in [-0.3, -0.25) is 0 Å². The molecule has 0 saturated carbocycles. The van der Waals surface area contributed by atoms with Crippen LogP contribution in [0.1, 0.15) is 21.6 Å². The summed E-state index contributed by atoms with van der Waals surface area (Å²) >= 11 is 0. The minimum atomic E-state index is -0.573. The van der Waals surface area contributed by atoms with Crippen LogP contribution in [0.25, 0.3) is 0 Å². The van der Waals surface area contributed by atoms with Gasteiger partial charge in [-0.1, -0.05) is 6.07 Å². The lowest BCUT2D eigenvalue weighted by atomic mass is 10.1. The standard InChI is InChI=1S/C14H12FN3O2/c1-20-14(19)13-5-11(17)8-18(13)7-9-2-3-12(15)10(4-9)6-16/h2-5,8H,7,17H2,1H3. The maximum atomic E-state index is 13.3. The minimum absolute atomic E-state index is 0.0396. The Bertz CT molecular complexity index is 701. The largest absolute Gasteiger partial charge is 0.464 e. The van der Waals surface area contributed by atoms with E-state index in [0.29, 0.717) is 16.9 Å². The molecule has 2 N–H and O–H groups in total. The van der Waals surface area contributed by atoms with Crippen molar-refractivity contribution >= 4 is 11.7 Å². The van der Waals surface area contributed by atoms with E-state index in [-0.39, 0.29) is 12.1 Å². The summed E-state index contributed by atoms with van der Waals surface area (Å²) in [6.07, 6.45) is 1.58. The second kappa shape index (κ2) is 5.45. The van der Waals surface area contributed by atoms with Crippen LogP contribution in [0.4, 0.5) is 10.1 Å². The van der Waals surface area contributed by atoms with Crippen LogP contribution in [-0.4, -0.2) is 17.6 Å². The Morgan fingerprint density at radius 1 is 1.50 bits per heavy atom. The SMILES string of the molecule is COC(=O)c1cc(N)cn1Cc1ccc(F)c(C#N)c1. The first-order valence-corrected chi connectivity index (χ1v) is 5.77. The van der Waals surface area contributed by atoms with Crippen molar-refractivity contribution in [2.24, 2.45) is 0 Å². The van der Waals surface area contributed by atoms with E-state index in [1.165, 1.54) is 25.3 Å². The first-order chi connectivity index (χ1) is 9.55. The van der Waals surface area contributed by atoms with Crippen LogP contribution in [-0.2, 0) is 11.3 Å². The van der Waals surface area contributed by atoms with Crippen molar-refractivity contribution in [3.05, 3.63) is 53.1 Å². The summed E-state index contributed by atoms with van der Waals surface area (Å²) in [6.45, 7) is 0.288. The highest BCUT2D eigenvalue weighted by molar-refractivity contribution is 5.89. The molecule has 0 saturated heterocycles. The second-order valence-corrected chi connectivity index (χ2v) is 4.20. The van der Waals surface area contributed by atoms with Gasteiger partial charge in [0, 0.05) is 12.7 Å². The number of ether oxygens (including phenoxy) is 1. The van der Waals surface area contributed by atoms with Crippen LogP contribution >= 0.6 is 0 Å². The van der Waals surface area contributed by atoms with Gasteiger partial charge >= 0.3 is 5.97 Å². The van der Waals surface area contributed by atoms with Gasteiger partial charge in [-0.25, -0.2) is 9.18 Å². The number of hydrogen-bond acceptors (Lipinski definition) is 4. The van der Waals surface area contributed by atoms with Crippen LogP contribution in [0.2, 0.25) is 0 Å². The molecule has 0 aliphatic heterocycles. The third-order valence-electron chi connectivity index (χ3n) is 2.82. The Hall–Kier alpha value is -2.81. The lowest BCUT2D eigenvalue weighted by molar-refractivity contribution is 0.0589. The van der Waals surface area contributed by atoms with Crippen molar-refractivity contribution in [3.63, 3.8) is 0 Å². The molecule has 0 amide bonds. The summed E-state index contributed by atoms with van der Waals surface area (Å²) in [7, 11) is 1.28. The van der Waals surface area contributed by atoms with E-state index in [1.807, 2.05) is 0 Å². The second-order valence-electron chi connectivity index (χ2n) is 4.20. The molecule has 0 radical (unpaired) electrons. The molecule has 20 heavy (non-hydrogen) atoms. The van der Waals surface area contributed by atoms with E-state index in [0.717, 1.165) is 0 Å². The number of aromatic nitrogens is 1. The molecular weight excluding hydrogens is 261 g/mol. The lowest BCUT2D eigenvalue weighted by Crippen LogP contribution is -2.10. The summed E-state index contributed by atoms with van der Waals surface area (Å²) in [6, 6.07) is 7.48. The van der Waals surface area contributed by atoms with Crippen LogP contribution in [0.3, 0.4) is 0 Å². The number of nitriles is 1. The number of nitrogens with zero attached hydrogens (tertiary/aromatic N) is 2. The van der Waals surface area contributed by atoms with Crippen molar-refractivity contribution in [1.82, 2.24) is 4.57 Å². The predicted octanol–water partition coefficient (Wildman–Crippen LogP) is 1.92. The lowest BCUT2D eigenvalue weighted by Gasteiger charge is -2.08. The smallest absolute Gasteiger partial charge is 0.354 e. The zero-order valence-corrected chi connectivity index (χ0v) is 10.8. The summed E-state index contributed by atoms with van der Waals surface area (Å²) in [5, 5.41) is 8.80. The number of carbonyl (C=O) groups is 1. The number of anilines is 1. The minimum Gasteiger partial charge on any atom is -0.464 e. The molecule has 0 fully saturated rings. The summed E-state index contributed by atoms with van der Waals surface area (Å²) in [4.78, 5) is 11.6. The number of carbonyl (C=O) groups excluding carboxylic acids is 1. The average Bonchev–Trinajstić information content (AvgIpc) is 2.80. The van der Waals surface area contributed by atoms with Crippen molar-refractivity contribution in [2.75, 3.05) is 12.8 Å². The molecule has 0 aliphatic rings. The Morgan fingerprint density at radius 2 is 2.25 bits per heavy atom. The van der Waals surface area contributed by atoms with Gasteiger partial charge in [-0.15, -0.1) is 0 Å². The Kier molecular flexibility index (Phi) is 3.71. The first kappa shape index (κ1) is 13.6. The summed E-state index contributed by atoms with van der Waals surface area (Å²) in [5.41, 5.74) is 7.03. The quantitative estimate of drug-likeness (QED) is 0.866. The Labute approximate surface area is 115 Å². The first-order valence-electron chi connectivity index (χ1n) is 5.77. The predicted molar refractivity (Wildman–Crippen MR) is 70.4 cm³/mol. The van der Waals surface area contributed by atoms with Crippen molar-refractivity contribution in [1.29, 1.82) is 5.26 Å². The molecule has 0 atom stereocenters.